The number of methoxy groups -OCH3 is 1. The molecule has 0 saturated carbocycles. The Morgan fingerprint density at radius 2 is 1.78 bits per heavy atom. The predicted octanol–water partition coefficient (Wildman–Crippen LogP) is 4.80. The fourth-order valence-electron chi connectivity index (χ4n) is 2.69. The number of hydrogen-bond acceptors (Lipinski definition) is 3. The zero-order chi connectivity index (χ0) is 19.4. The number of hydrogen-bond donors (Lipinski definition) is 1. The number of nitrogens with one attached hydrogen (secondary N) is 1. The summed E-state index contributed by atoms with van der Waals surface area (Å²) in [6.45, 7) is 0. The van der Waals surface area contributed by atoms with E-state index < -0.39 is 32.7 Å². The van der Waals surface area contributed by atoms with Gasteiger partial charge in [-0.05, 0) is 0 Å². The second-order valence-electron chi connectivity index (χ2n) is 5.72. The van der Waals surface area contributed by atoms with Gasteiger partial charge in [-0.3, -0.25) is 0 Å². The number of rotatable bonds is 5. The van der Waals surface area contributed by atoms with E-state index >= 15 is 0 Å². The molecule has 2 aromatic carbocycles. The molecule has 1 N–H and O–H groups in total. The normalized spacial score (nSPS) is 13.0. The Kier molecular flexibility index (Phi) is 5.73. The summed E-state index contributed by atoms with van der Waals surface area (Å²) < 4.78 is 47.4. The molecule has 27 heavy (non-hydrogen) atoms. The van der Waals surface area contributed by atoms with Gasteiger partial charge in [-0.25, -0.2) is 0 Å². The van der Waals surface area contributed by atoms with Gasteiger partial charge in [-0.2, -0.15) is 0 Å². The Labute approximate surface area is 160 Å². The number of alkyl halides is 3. The van der Waals surface area contributed by atoms with Crippen LogP contribution in [0, 0.1) is 0 Å². The van der Waals surface area contributed by atoms with Crippen molar-refractivity contribution in [3.05, 3.63) is 70.7 Å². The number of anilines is 1. The van der Waals surface area contributed by atoms with Crippen molar-refractivity contribution in [1.29, 1.82) is 0 Å². The van der Waals surface area contributed by atoms with E-state index in [0.717, 1.165) is 15.7 Å². The molecule has 7 heteroatoms. The zero-order valence-electron chi connectivity index (χ0n) is 14.3. The Hall–Kier alpha value is -2.50. The summed E-state index contributed by atoms with van der Waals surface area (Å²) in [5.41, 5.74) is 0.803. The first kappa shape index (κ1) is 19.3. The summed E-state index contributed by atoms with van der Waals surface area (Å²) >= 11 is -0.519. The van der Waals surface area contributed by atoms with E-state index in [-0.39, 0.29) is 4.44 Å². The van der Waals surface area contributed by atoms with Gasteiger partial charge in [0, 0.05) is 0 Å². The summed E-state index contributed by atoms with van der Waals surface area (Å²) in [6, 6.07) is 13.6. The van der Waals surface area contributed by atoms with Crippen LogP contribution in [0.2, 0.25) is 0 Å². The molecule has 0 fully saturated rings. The third-order valence-electron chi connectivity index (χ3n) is 3.92. The van der Waals surface area contributed by atoms with Gasteiger partial charge in [-0.15, -0.1) is 0 Å². The topological polar surface area (TPSA) is 38.3 Å². The van der Waals surface area contributed by atoms with Crippen LogP contribution in [0.3, 0.4) is 0 Å². The number of halogens is 3. The van der Waals surface area contributed by atoms with Crippen LogP contribution >= 0.6 is 0 Å². The van der Waals surface area contributed by atoms with Crippen molar-refractivity contribution in [1.82, 2.24) is 0 Å². The molecule has 1 unspecified atom stereocenters. The van der Waals surface area contributed by atoms with E-state index in [1.54, 1.807) is 48.5 Å². The van der Waals surface area contributed by atoms with Gasteiger partial charge >= 0.3 is 160 Å². The minimum atomic E-state index is -4.49. The number of fused-ring (bicyclic) bond motifs is 1. The maximum atomic E-state index is 13.9. The molecule has 0 bridgehead atoms. The van der Waals surface area contributed by atoms with E-state index in [2.05, 4.69) is 10.1 Å². The van der Waals surface area contributed by atoms with E-state index in [0.29, 0.717) is 11.3 Å². The Morgan fingerprint density at radius 3 is 2.44 bits per heavy atom. The average Bonchev–Trinajstić information content (AvgIpc) is 3.02. The number of ether oxygens (including phenoxy) is 1. The van der Waals surface area contributed by atoms with Gasteiger partial charge in [0.15, 0.2) is 0 Å². The number of para-hydroxylation sites is 1. The molecule has 140 valence electrons. The van der Waals surface area contributed by atoms with Crippen LogP contribution in [0.15, 0.2) is 60.7 Å². The van der Waals surface area contributed by atoms with Gasteiger partial charge in [-0.1, -0.05) is 0 Å². The maximum absolute atomic E-state index is 13.9. The fourth-order valence-corrected chi connectivity index (χ4v) is 5.35. The van der Waals surface area contributed by atoms with E-state index in [1.807, 2.05) is 6.07 Å². The van der Waals surface area contributed by atoms with Crippen LogP contribution in [-0.4, -0.2) is 33.8 Å². The van der Waals surface area contributed by atoms with Crippen LogP contribution in [0.25, 0.3) is 15.7 Å². The molecular formula is C20H16F3NO2Se. The molecule has 3 aromatic rings. The molecule has 1 heterocycles. The minimum absolute atomic E-state index is 0.236. The second-order valence-corrected chi connectivity index (χ2v) is 7.99. The zero-order valence-corrected chi connectivity index (χ0v) is 16.0. The molecule has 0 saturated heterocycles. The van der Waals surface area contributed by atoms with Crippen molar-refractivity contribution in [2.45, 2.75) is 12.2 Å². The summed E-state index contributed by atoms with van der Waals surface area (Å²) in [5.74, 6) is -0.613. The van der Waals surface area contributed by atoms with Crippen LogP contribution in [0.4, 0.5) is 18.9 Å². The fraction of sp³-hybridized carbons (Fsp3) is 0.150. The van der Waals surface area contributed by atoms with Gasteiger partial charge in [0.25, 0.3) is 0 Å². The molecule has 1 aromatic heterocycles. The van der Waals surface area contributed by atoms with E-state index in [9.17, 15) is 18.0 Å². The summed E-state index contributed by atoms with van der Waals surface area (Å²) in [6.07, 6.45) is -1.91. The third kappa shape index (κ3) is 4.43. The Balaban J connectivity index is 2.13. The van der Waals surface area contributed by atoms with Crippen molar-refractivity contribution in [3.63, 3.8) is 0 Å². The average molecular weight is 438 g/mol. The molecule has 0 aliphatic rings. The van der Waals surface area contributed by atoms with Crippen molar-refractivity contribution in [2.75, 3.05) is 12.4 Å². The first-order valence-electron chi connectivity index (χ1n) is 8.06. The number of benzene rings is 2. The van der Waals surface area contributed by atoms with E-state index in [4.69, 9.17) is 0 Å². The molecular weight excluding hydrogens is 422 g/mol. The standard InChI is InChI=1S/C20H16F3NO2Se/c1-26-17(25)12-11-15-14-9-5-6-10-16(14)27-18(15)19(20(21,22)23)24-13-7-3-2-4-8-13/h2-12,19,24H,1H3/b12-11+. The molecule has 0 aliphatic heterocycles. The van der Waals surface area contributed by atoms with Crippen LogP contribution in [0.1, 0.15) is 16.0 Å². The third-order valence-corrected chi connectivity index (χ3v) is 6.55. The van der Waals surface area contributed by atoms with Gasteiger partial charge < -0.3 is 0 Å². The quantitative estimate of drug-likeness (QED) is 0.354. The Bertz CT molecular complexity index is 964. The van der Waals surface area contributed by atoms with Crippen LogP contribution in [0.5, 0.6) is 0 Å². The van der Waals surface area contributed by atoms with Gasteiger partial charge in [0.05, 0.1) is 0 Å². The first-order chi connectivity index (χ1) is 12.9. The molecule has 3 nitrogen and oxygen atoms in total. The van der Waals surface area contributed by atoms with Crippen molar-refractivity contribution < 1.29 is 22.7 Å². The molecule has 1 atom stereocenters. The second kappa shape index (κ2) is 8.03. The summed E-state index contributed by atoms with van der Waals surface area (Å²) in [4.78, 5) is 11.5. The van der Waals surface area contributed by atoms with Gasteiger partial charge in [0.2, 0.25) is 0 Å². The Morgan fingerprint density at radius 1 is 1.11 bits per heavy atom. The number of carbonyl (C=O) groups excluding carboxylic acids is 1. The van der Waals surface area contributed by atoms with Crippen LogP contribution in [-0.2, 0) is 9.53 Å². The molecule has 0 amide bonds. The number of esters is 1. The summed E-state index contributed by atoms with van der Waals surface area (Å²) in [5, 5.41) is 3.33. The van der Waals surface area contributed by atoms with Gasteiger partial charge in [0.1, 0.15) is 0 Å². The predicted molar refractivity (Wildman–Crippen MR) is 101 cm³/mol. The SMILES string of the molecule is COC(=O)/C=C/c1c(C(Nc2ccccc2)C(F)(F)F)[se]c2ccccc12. The van der Waals surface area contributed by atoms with Crippen molar-refractivity contribution in [3.8, 4) is 0 Å². The first-order valence-corrected chi connectivity index (χ1v) is 9.77. The van der Waals surface area contributed by atoms with E-state index in [1.165, 1.54) is 13.2 Å². The molecule has 3 rings (SSSR count). The molecule has 0 spiro atoms. The summed E-state index contributed by atoms with van der Waals surface area (Å²) in [7, 11) is 1.23. The van der Waals surface area contributed by atoms with Crippen molar-refractivity contribution in [2.24, 2.45) is 0 Å². The van der Waals surface area contributed by atoms with Crippen LogP contribution < -0.4 is 5.32 Å². The van der Waals surface area contributed by atoms with Crippen molar-refractivity contribution >= 4 is 41.9 Å². The monoisotopic (exact) mass is 439 g/mol. The molecule has 0 aliphatic carbocycles. The number of carbonyl (C=O) groups is 1. The molecule has 0 radical (unpaired) electrons.